The summed E-state index contributed by atoms with van der Waals surface area (Å²) >= 11 is 0. The molecule has 3 aromatic rings. The maximum absolute atomic E-state index is 12.1. The molecule has 1 amide bonds. The zero-order chi connectivity index (χ0) is 18.4. The fraction of sp³-hybridized carbons (Fsp3) is 0.174. The van der Waals surface area contributed by atoms with E-state index < -0.39 is 5.60 Å². The van der Waals surface area contributed by atoms with Crippen LogP contribution in [-0.2, 0) is 5.60 Å². The molecule has 0 unspecified atom stereocenters. The minimum absolute atomic E-state index is 0.0960. The molecule has 0 aliphatic rings. The van der Waals surface area contributed by atoms with Crippen LogP contribution in [0.15, 0.2) is 84.9 Å². The third kappa shape index (κ3) is 3.53. The summed E-state index contributed by atoms with van der Waals surface area (Å²) in [7, 11) is 0. The lowest BCUT2D eigenvalue weighted by atomic mass is 9.80. The second-order valence-electron chi connectivity index (χ2n) is 6.28. The number of aliphatic hydroxyl groups is 1. The largest absolute Gasteiger partial charge is 0.376 e. The van der Waals surface area contributed by atoms with E-state index in [9.17, 15) is 9.90 Å². The van der Waals surface area contributed by atoms with Crippen LogP contribution in [0.1, 0.15) is 40.4 Å². The highest BCUT2D eigenvalue weighted by Gasteiger charge is 2.33. The lowest BCUT2D eigenvalue weighted by Gasteiger charge is -2.30. The van der Waals surface area contributed by atoms with E-state index in [0.29, 0.717) is 12.1 Å². The highest BCUT2D eigenvalue weighted by atomic mass is 16.3. The van der Waals surface area contributed by atoms with E-state index in [1.165, 1.54) is 0 Å². The lowest BCUT2D eigenvalue weighted by Crippen LogP contribution is -2.29. The van der Waals surface area contributed by atoms with Gasteiger partial charge in [0.15, 0.2) is 0 Å². The first kappa shape index (κ1) is 17.9. The molecular formula is C23H23NO2. The predicted octanol–water partition coefficient (Wildman–Crippen LogP) is 4.11. The van der Waals surface area contributed by atoms with Crippen LogP contribution < -0.4 is 5.32 Å². The van der Waals surface area contributed by atoms with Crippen LogP contribution in [0, 0.1) is 0 Å². The van der Waals surface area contributed by atoms with Gasteiger partial charge in [-0.05, 0) is 35.2 Å². The van der Waals surface area contributed by atoms with Crippen molar-refractivity contribution in [2.45, 2.75) is 18.9 Å². The van der Waals surface area contributed by atoms with Gasteiger partial charge in [-0.15, -0.1) is 0 Å². The minimum Gasteiger partial charge on any atom is -0.376 e. The minimum atomic E-state index is -1.28. The third-order valence-corrected chi connectivity index (χ3v) is 4.48. The monoisotopic (exact) mass is 345 g/mol. The highest BCUT2D eigenvalue weighted by Crippen LogP contribution is 2.36. The molecule has 0 radical (unpaired) electrons. The fourth-order valence-corrected chi connectivity index (χ4v) is 3.06. The van der Waals surface area contributed by atoms with Crippen LogP contribution in [0.4, 0.5) is 0 Å². The number of hydrogen-bond donors (Lipinski definition) is 2. The number of hydrogen-bond acceptors (Lipinski definition) is 2. The Morgan fingerprint density at radius 1 is 0.808 bits per heavy atom. The molecule has 2 N–H and O–H groups in total. The standard InChI is InChI=1S/C23H23NO2/c1-2-17-24-22(25)18-13-15-21(16-14-18)23(26,19-9-5-3-6-10-19)20-11-7-4-8-12-20/h3-16,26H,2,17H2,1H3,(H,24,25). The van der Waals surface area contributed by atoms with Crippen LogP contribution in [0.25, 0.3) is 0 Å². The number of amides is 1. The van der Waals surface area contributed by atoms with Crippen molar-refractivity contribution in [1.29, 1.82) is 0 Å². The molecule has 3 heteroatoms. The summed E-state index contributed by atoms with van der Waals surface area (Å²) in [6.07, 6.45) is 0.894. The second kappa shape index (κ2) is 7.98. The van der Waals surface area contributed by atoms with E-state index in [1.807, 2.05) is 79.7 Å². The molecule has 132 valence electrons. The molecule has 0 atom stereocenters. The summed E-state index contributed by atoms with van der Waals surface area (Å²) in [6.45, 7) is 2.67. The molecule has 0 saturated carbocycles. The van der Waals surface area contributed by atoms with Gasteiger partial charge in [0, 0.05) is 12.1 Å². The van der Waals surface area contributed by atoms with E-state index in [4.69, 9.17) is 0 Å². The van der Waals surface area contributed by atoms with Gasteiger partial charge >= 0.3 is 0 Å². The van der Waals surface area contributed by atoms with Gasteiger partial charge in [0.05, 0.1) is 0 Å². The smallest absolute Gasteiger partial charge is 0.251 e. The molecule has 0 fully saturated rings. The Hall–Kier alpha value is -2.91. The van der Waals surface area contributed by atoms with Gasteiger partial charge < -0.3 is 10.4 Å². The number of carbonyl (C=O) groups excluding carboxylic acids is 1. The van der Waals surface area contributed by atoms with Crippen LogP contribution in [0.5, 0.6) is 0 Å². The van der Waals surface area contributed by atoms with Crippen LogP contribution in [0.3, 0.4) is 0 Å². The fourth-order valence-electron chi connectivity index (χ4n) is 3.06. The molecule has 0 aliphatic heterocycles. The Morgan fingerprint density at radius 2 is 1.27 bits per heavy atom. The summed E-state index contributed by atoms with van der Waals surface area (Å²) in [5.74, 6) is -0.0960. The summed E-state index contributed by atoms with van der Waals surface area (Å²) in [4.78, 5) is 12.1. The zero-order valence-electron chi connectivity index (χ0n) is 14.9. The molecule has 0 aliphatic carbocycles. The first-order valence-corrected chi connectivity index (χ1v) is 8.88. The van der Waals surface area contributed by atoms with E-state index in [1.54, 1.807) is 12.1 Å². The number of nitrogens with one attached hydrogen (secondary N) is 1. The van der Waals surface area contributed by atoms with Gasteiger partial charge in [0.2, 0.25) is 0 Å². The first-order chi connectivity index (χ1) is 12.7. The van der Waals surface area contributed by atoms with Crippen LogP contribution in [0.2, 0.25) is 0 Å². The van der Waals surface area contributed by atoms with E-state index in [-0.39, 0.29) is 5.91 Å². The van der Waals surface area contributed by atoms with Gasteiger partial charge in [-0.3, -0.25) is 4.79 Å². The topological polar surface area (TPSA) is 49.3 Å². The third-order valence-electron chi connectivity index (χ3n) is 4.48. The average Bonchev–Trinajstić information content (AvgIpc) is 2.73. The quantitative estimate of drug-likeness (QED) is 0.661. The molecule has 0 spiro atoms. The number of benzene rings is 3. The van der Waals surface area contributed by atoms with Crippen LogP contribution in [-0.4, -0.2) is 17.6 Å². The van der Waals surface area contributed by atoms with Gasteiger partial charge in [0.1, 0.15) is 5.60 Å². The van der Waals surface area contributed by atoms with Crippen molar-refractivity contribution in [3.63, 3.8) is 0 Å². The summed E-state index contributed by atoms with van der Waals surface area (Å²) in [5.41, 5.74) is 1.61. The maximum Gasteiger partial charge on any atom is 0.251 e. The SMILES string of the molecule is CCCNC(=O)c1ccc(C(O)(c2ccccc2)c2ccccc2)cc1. The Morgan fingerprint density at radius 3 is 1.73 bits per heavy atom. The Labute approximate surface area is 154 Å². The summed E-state index contributed by atoms with van der Waals surface area (Å²) in [6, 6.07) is 26.3. The molecule has 26 heavy (non-hydrogen) atoms. The molecule has 3 nitrogen and oxygen atoms in total. The van der Waals surface area contributed by atoms with Crippen LogP contribution >= 0.6 is 0 Å². The molecule has 0 saturated heterocycles. The van der Waals surface area contributed by atoms with Crippen molar-refractivity contribution in [3.8, 4) is 0 Å². The first-order valence-electron chi connectivity index (χ1n) is 8.88. The molecule has 0 bridgehead atoms. The molecule has 3 aromatic carbocycles. The Kier molecular flexibility index (Phi) is 5.49. The van der Waals surface area contributed by atoms with Gasteiger partial charge in [-0.25, -0.2) is 0 Å². The summed E-state index contributed by atoms with van der Waals surface area (Å²) < 4.78 is 0. The van der Waals surface area contributed by atoms with Crippen molar-refractivity contribution in [2.75, 3.05) is 6.54 Å². The van der Waals surface area contributed by atoms with Gasteiger partial charge in [0.25, 0.3) is 5.91 Å². The maximum atomic E-state index is 12.1. The highest BCUT2D eigenvalue weighted by molar-refractivity contribution is 5.94. The zero-order valence-corrected chi connectivity index (χ0v) is 14.9. The van der Waals surface area contributed by atoms with Crippen molar-refractivity contribution in [3.05, 3.63) is 107 Å². The molecule has 0 aromatic heterocycles. The van der Waals surface area contributed by atoms with Gasteiger partial charge in [-0.2, -0.15) is 0 Å². The van der Waals surface area contributed by atoms with E-state index >= 15 is 0 Å². The average molecular weight is 345 g/mol. The van der Waals surface area contributed by atoms with Crippen molar-refractivity contribution < 1.29 is 9.90 Å². The van der Waals surface area contributed by atoms with Crippen molar-refractivity contribution >= 4 is 5.91 Å². The van der Waals surface area contributed by atoms with E-state index in [2.05, 4.69) is 5.32 Å². The molecule has 0 heterocycles. The molecular weight excluding hydrogens is 322 g/mol. The molecule has 3 rings (SSSR count). The second-order valence-corrected chi connectivity index (χ2v) is 6.28. The predicted molar refractivity (Wildman–Crippen MR) is 104 cm³/mol. The van der Waals surface area contributed by atoms with Crippen molar-refractivity contribution in [2.24, 2.45) is 0 Å². The lowest BCUT2D eigenvalue weighted by molar-refractivity contribution is 0.0953. The van der Waals surface area contributed by atoms with Crippen molar-refractivity contribution in [1.82, 2.24) is 5.32 Å². The summed E-state index contributed by atoms with van der Waals surface area (Å²) in [5, 5.41) is 14.6. The number of rotatable bonds is 6. The Balaban J connectivity index is 2.02. The Bertz CT molecular complexity index is 803. The number of carbonyl (C=O) groups is 1. The van der Waals surface area contributed by atoms with Gasteiger partial charge in [-0.1, -0.05) is 79.7 Å². The normalized spacial score (nSPS) is 11.2. The van der Waals surface area contributed by atoms with E-state index in [0.717, 1.165) is 23.1 Å².